The van der Waals surface area contributed by atoms with Crippen molar-refractivity contribution in [2.24, 2.45) is 5.92 Å². The molecule has 2 unspecified atom stereocenters. The number of carbonyl (C=O) groups excluding carboxylic acids is 1. The molecule has 2 N–H and O–H groups in total. The number of amides is 1. The number of aliphatic hydroxyl groups is 1. The summed E-state index contributed by atoms with van der Waals surface area (Å²) in [5.74, 6) is 1.74. The number of aromatic amines is 1. The van der Waals surface area contributed by atoms with Gasteiger partial charge in [0.25, 0.3) is 0 Å². The quantitative estimate of drug-likeness (QED) is 0.636. The van der Waals surface area contributed by atoms with Crippen molar-refractivity contribution in [3.8, 4) is 0 Å². The third kappa shape index (κ3) is 4.65. The normalized spacial score (nSPS) is 17.4. The molecular weight excluding hydrogens is 382 g/mol. The van der Waals surface area contributed by atoms with Crippen LogP contribution in [0.25, 0.3) is 11.0 Å². The van der Waals surface area contributed by atoms with E-state index in [0.717, 1.165) is 35.3 Å². The molecule has 4 rings (SSSR count). The van der Waals surface area contributed by atoms with E-state index < -0.39 is 6.10 Å². The van der Waals surface area contributed by atoms with Gasteiger partial charge in [0, 0.05) is 13.1 Å². The largest absolute Gasteiger partial charge is 0.388 e. The molecule has 3 aromatic rings. The molecule has 1 aliphatic heterocycles. The van der Waals surface area contributed by atoms with Crippen molar-refractivity contribution in [2.75, 3.05) is 18.8 Å². The smallest absolute Gasteiger partial charge is 0.232 e. The maximum atomic E-state index is 12.7. The average Bonchev–Trinajstić information content (AvgIpc) is 3.22. The zero-order valence-electron chi connectivity index (χ0n) is 16.6. The molecular formula is C23H27N3O2S. The van der Waals surface area contributed by atoms with Crippen LogP contribution < -0.4 is 0 Å². The van der Waals surface area contributed by atoms with Gasteiger partial charge in [0.1, 0.15) is 5.82 Å². The molecule has 2 heterocycles. The van der Waals surface area contributed by atoms with E-state index in [1.807, 2.05) is 59.5 Å². The van der Waals surface area contributed by atoms with Gasteiger partial charge in [0.15, 0.2) is 0 Å². The van der Waals surface area contributed by atoms with Crippen LogP contribution in [0.4, 0.5) is 0 Å². The molecule has 1 saturated heterocycles. The summed E-state index contributed by atoms with van der Waals surface area (Å²) in [5.41, 5.74) is 2.95. The Bertz CT molecular complexity index is 918. The second kappa shape index (κ2) is 9.01. The Balaban J connectivity index is 1.26. The number of piperidine rings is 1. The number of hydrogen-bond acceptors (Lipinski definition) is 4. The lowest BCUT2D eigenvalue weighted by atomic mass is 9.87. The summed E-state index contributed by atoms with van der Waals surface area (Å²) in [6, 6.07) is 17.8. The van der Waals surface area contributed by atoms with Crippen LogP contribution in [0, 0.1) is 5.92 Å². The van der Waals surface area contributed by atoms with E-state index in [1.165, 1.54) is 0 Å². The van der Waals surface area contributed by atoms with Crippen molar-refractivity contribution in [1.82, 2.24) is 14.9 Å². The maximum Gasteiger partial charge on any atom is 0.232 e. The van der Waals surface area contributed by atoms with E-state index in [4.69, 9.17) is 0 Å². The number of para-hydroxylation sites is 2. The number of H-pyrrole nitrogens is 1. The molecule has 6 heteroatoms. The minimum atomic E-state index is -0.448. The lowest BCUT2D eigenvalue weighted by molar-refractivity contribution is -0.130. The van der Waals surface area contributed by atoms with Gasteiger partial charge in [-0.3, -0.25) is 4.79 Å². The number of thioether (sulfide) groups is 1. The van der Waals surface area contributed by atoms with E-state index >= 15 is 0 Å². The topological polar surface area (TPSA) is 69.2 Å². The van der Waals surface area contributed by atoms with Crippen LogP contribution in [0.1, 0.15) is 42.5 Å². The molecule has 0 aliphatic carbocycles. The molecule has 0 radical (unpaired) electrons. The lowest BCUT2D eigenvalue weighted by Gasteiger charge is -2.34. The molecule has 1 aromatic heterocycles. The van der Waals surface area contributed by atoms with Gasteiger partial charge in [0.2, 0.25) is 5.91 Å². The summed E-state index contributed by atoms with van der Waals surface area (Å²) in [4.78, 5) is 22.6. The van der Waals surface area contributed by atoms with Gasteiger partial charge >= 0.3 is 0 Å². The fraction of sp³-hybridized carbons (Fsp3) is 0.391. The summed E-state index contributed by atoms with van der Waals surface area (Å²) in [5, 5.41) is 10.7. The Morgan fingerprint density at radius 2 is 1.86 bits per heavy atom. The van der Waals surface area contributed by atoms with E-state index in [2.05, 4.69) is 16.9 Å². The number of benzene rings is 2. The van der Waals surface area contributed by atoms with Crippen LogP contribution >= 0.6 is 11.8 Å². The third-order valence-electron chi connectivity index (χ3n) is 5.73. The Morgan fingerprint density at radius 3 is 2.59 bits per heavy atom. The molecule has 2 atom stereocenters. The van der Waals surface area contributed by atoms with Crippen molar-refractivity contribution in [2.45, 2.75) is 31.1 Å². The molecule has 0 bridgehead atoms. The number of nitrogens with zero attached hydrogens (tertiary/aromatic N) is 2. The number of hydrogen-bond donors (Lipinski definition) is 2. The monoisotopic (exact) mass is 409 g/mol. The number of imidazole rings is 1. The first-order valence-corrected chi connectivity index (χ1v) is 11.2. The van der Waals surface area contributed by atoms with Crippen molar-refractivity contribution < 1.29 is 9.90 Å². The van der Waals surface area contributed by atoms with Crippen LogP contribution in [0.2, 0.25) is 0 Å². The highest BCUT2D eigenvalue weighted by atomic mass is 32.2. The second-order valence-electron chi connectivity index (χ2n) is 7.67. The van der Waals surface area contributed by atoms with Crippen molar-refractivity contribution >= 4 is 28.7 Å². The van der Waals surface area contributed by atoms with Crippen molar-refractivity contribution in [3.63, 3.8) is 0 Å². The number of aliphatic hydroxyl groups excluding tert-OH is 1. The Morgan fingerprint density at radius 1 is 1.17 bits per heavy atom. The van der Waals surface area contributed by atoms with Gasteiger partial charge in [-0.1, -0.05) is 42.5 Å². The van der Waals surface area contributed by atoms with Gasteiger partial charge in [-0.25, -0.2) is 4.98 Å². The van der Waals surface area contributed by atoms with Gasteiger partial charge in [-0.05, 0) is 43.4 Å². The molecule has 5 nitrogen and oxygen atoms in total. The van der Waals surface area contributed by atoms with Gasteiger partial charge < -0.3 is 15.0 Å². The van der Waals surface area contributed by atoms with Crippen LogP contribution in [0.5, 0.6) is 0 Å². The van der Waals surface area contributed by atoms with E-state index in [-0.39, 0.29) is 17.1 Å². The summed E-state index contributed by atoms with van der Waals surface area (Å²) in [6.07, 6.45) is 1.23. The minimum absolute atomic E-state index is 0.129. The zero-order valence-corrected chi connectivity index (χ0v) is 17.4. The van der Waals surface area contributed by atoms with Crippen LogP contribution in [-0.2, 0) is 4.79 Å². The molecule has 0 saturated carbocycles. The number of aromatic nitrogens is 2. The van der Waals surface area contributed by atoms with Gasteiger partial charge in [0.05, 0.1) is 28.1 Å². The fourth-order valence-corrected chi connectivity index (χ4v) is 4.76. The van der Waals surface area contributed by atoms with E-state index in [0.29, 0.717) is 18.8 Å². The van der Waals surface area contributed by atoms with E-state index in [1.54, 1.807) is 11.8 Å². The summed E-state index contributed by atoms with van der Waals surface area (Å²) < 4.78 is 0. The predicted molar refractivity (Wildman–Crippen MR) is 118 cm³/mol. The van der Waals surface area contributed by atoms with Crippen LogP contribution in [0.3, 0.4) is 0 Å². The minimum Gasteiger partial charge on any atom is -0.388 e. The average molecular weight is 410 g/mol. The SMILES string of the molecule is CC(SCC(=O)N1CCC(C(O)c2ccccc2)CC1)c1nc2ccccc2[nH]1. The third-order valence-corrected chi connectivity index (χ3v) is 6.87. The summed E-state index contributed by atoms with van der Waals surface area (Å²) in [6.45, 7) is 3.51. The molecule has 1 aliphatic rings. The summed E-state index contributed by atoms with van der Waals surface area (Å²) >= 11 is 1.62. The number of fused-ring (bicyclic) bond motifs is 1. The lowest BCUT2D eigenvalue weighted by Crippen LogP contribution is -2.40. The first-order valence-electron chi connectivity index (χ1n) is 10.2. The molecule has 1 fully saturated rings. The second-order valence-corrected chi connectivity index (χ2v) is 9.00. The van der Waals surface area contributed by atoms with Crippen LogP contribution in [-0.4, -0.2) is 44.7 Å². The number of rotatable bonds is 6. The molecule has 29 heavy (non-hydrogen) atoms. The number of likely N-dealkylation sites (tertiary alicyclic amines) is 1. The van der Waals surface area contributed by atoms with Crippen molar-refractivity contribution in [1.29, 1.82) is 0 Å². The van der Waals surface area contributed by atoms with E-state index in [9.17, 15) is 9.90 Å². The number of nitrogens with one attached hydrogen (secondary N) is 1. The molecule has 152 valence electrons. The Labute approximate surface area is 175 Å². The molecule has 0 spiro atoms. The maximum absolute atomic E-state index is 12.7. The van der Waals surface area contributed by atoms with Gasteiger partial charge in [-0.15, -0.1) is 11.8 Å². The standard InChI is InChI=1S/C23H27N3O2S/c1-16(23-24-19-9-5-6-10-20(19)25-23)29-15-21(27)26-13-11-18(12-14-26)22(28)17-7-3-2-4-8-17/h2-10,16,18,22,28H,11-15H2,1H3,(H,24,25). The highest BCUT2D eigenvalue weighted by molar-refractivity contribution is 8.00. The molecule has 1 amide bonds. The first-order chi connectivity index (χ1) is 14.1. The fourth-order valence-electron chi connectivity index (χ4n) is 3.92. The summed E-state index contributed by atoms with van der Waals surface area (Å²) in [7, 11) is 0. The highest BCUT2D eigenvalue weighted by Crippen LogP contribution is 2.32. The first kappa shape index (κ1) is 20.0. The van der Waals surface area contributed by atoms with Crippen LogP contribution in [0.15, 0.2) is 54.6 Å². The zero-order chi connectivity index (χ0) is 20.2. The van der Waals surface area contributed by atoms with Crippen molar-refractivity contribution in [3.05, 3.63) is 66.0 Å². The Hall–Kier alpha value is -2.31. The molecule has 2 aromatic carbocycles. The predicted octanol–water partition coefficient (Wildman–Crippen LogP) is 4.33. The number of carbonyl (C=O) groups is 1. The highest BCUT2D eigenvalue weighted by Gasteiger charge is 2.28. The Kier molecular flexibility index (Phi) is 6.21. The van der Waals surface area contributed by atoms with Gasteiger partial charge in [-0.2, -0.15) is 0 Å².